The summed E-state index contributed by atoms with van der Waals surface area (Å²) in [7, 11) is -2.07. The van der Waals surface area contributed by atoms with Gasteiger partial charge in [-0.05, 0) is 30.5 Å². The van der Waals surface area contributed by atoms with Crippen LogP contribution < -0.4 is 5.73 Å². The molecule has 0 amide bonds. The second kappa shape index (κ2) is 7.09. The van der Waals surface area contributed by atoms with Crippen molar-refractivity contribution in [2.75, 3.05) is 13.6 Å². The molecule has 2 N–H and O–H groups in total. The van der Waals surface area contributed by atoms with Crippen molar-refractivity contribution in [3.8, 4) is 0 Å². The summed E-state index contributed by atoms with van der Waals surface area (Å²) in [6.07, 6.45) is 0.599. The summed E-state index contributed by atoms with van der Waals surface area (Å²) < 4.78 is 26.0. The lowest BCUT2D eigenvalue weighted by molar-refractivity contribution is 0.397. The van der Waals surface area contributed by atoms with Gasteiger partial charge in [0.05, 0.1) is 4.90 Å². The number of halogens is 2. The highest BCUT2D eigenvalue weighted by molar-refractivity contribution is 7.89. The van der Waals surface area contributed by atoms with Gasteiger partial charge in [-0.3, -0.25) is 0 Å². The van der Waals surface area contributed by atoms with E-state index in [9.17, 15) is 8.42 Å². The van der Waals surface area contributed by atoms with Gasteiger partial charge in [-0.2, -0.15) is 0 Å². The Kier molecular flexibility index (Phi) is 6.28. The fourth-order valence-electron chi connectivity index (χ4n) is 1.64. The van der Waals surface area contributed by atoms with Crippen LogP contribution in [-0.4, -0.2) is 32.4 Å². The first-order valence-corrected chi connectivity index (χ1v) is 8.52. The lowest BCUT2D eigenvalue weighted by Gasteiger charge is -2.21. The van der Waals surface area contributed by atoms with Crippen LogP contribution in [0.25, 0.3) is 0 Å². The summed E-state index contributed by atoms with van der Waals surface area (Å²) in [6.45, 7) is 4.37. The van der Waals surface area contributed by atoms with Crippen molar-refractivity contribution in [3.63, 3.8) is 0 Å². The lowest BCUT2D eigenvalue weighted by atomic mass is 10.0. The van der Waals surface area contributed by atoms with Crippen LogP contribution in [0.15, 0.2) is 23.1 Å². The number of benzene rings is 1. The van der Waals surface area contributed by atoms with E-state index in [0.717, 1.165) is 0 Å². The van der Waals surface area contributed by atoms with E-state index in [2.05, 4.69) is 0 Å². The minimum absolute atomic E-state index is 0.0319. The monoisotopic (exact) mass is 338 g/mol. The third kappa shape index (κ3) is 4.60. The van der Waals surface area contributed by atoms with Gasteiger partial charge in [-0.1, -0.05) is 37.0 Å². The highest BCUT2D eigenvalue weighted by atomic mass is 35.5. The fourth-order valence-corrected chi connectivity index (χ4v) is 3.55. The van der Waals surface area contributed by atoms with Gasteiger partial charge in [-0.15, -0.1) is 0 Å². The Hall–Kier alpha value is -0.330. The first-order valence-electron chi connectivity index (χ1n) is 6.32. The van der Waals surface area contributed by atoms with E-state index < -0.39 is 10.0 Å². The van der Waals surface area contributed by atoms with Crippen molar-refractivity contribution in [2.24, 2.45) is 11.7 Å². The number of nitrogens with zero attached hydrogens (tertiary/aromatic N) is 1. The third-order valence-electron chi connectivity index (χ3n) is 3.18. The predicted octanol–water partition coefficient (Wildman–Crippen LogP) is 2.99. The number of nitrogens with two attached hydrogens (primary N) is 1. The Morgan fingerprint density at radius 2 is 1.70 bits per heavy atom. The van der Waals surface area contributed by atoms with Crippen LogP contribution in [0.3, 0.4) is 0 Å². The first kappa shape index (κ1) is 17.7. The summed E-state index contributed by atoms with van der Waals surface area (Å²) in [5, 5.41) is 0.590. The molecule has 0 fully saturated rings. The summed E-state index contributed by atoms with van der Waals surface area (Å²) >= 11 is 11.7. The standard InChI is InChI=1S/C13H20Cl2N2O2S/c1-9(2)13(16)4-5-17(3)20(18,19)12-7-10(14)6-11(15)8-12/h6-9,13H,4-5,16H2,1-3H3. The zero-order chi connectivity index (χ0) is 15.5. The molecule has 0 aliphatic carbocycles. The molecule has 4 nitrogen and oxygen atoms in total. The van der Waals surface area contributed by atoms with Crippen LogP contribution in [0.4, 0.5) is 0 Å². The molecule has 0 heterocycles. The number of hydrogen-bond acceptors (Lipinski definition) is 3. The molecule has 7 heteroatoms. The largest absolute Gasteiger partial charge is 0.327 e. The van der Waals surface area contributed by atoms with Crippen molar-refractivity contribution >= 4 is 33.2 Å². The normalized spacial score (nSPS) is 14.0. The molecule has 0 aliphatic rings. The molecule has 1 unspecified atom stereocenters. The van der Waals surface area contributed by atoms with E-state index >= 15 is 0 Å². The zero-order valence-corrected chi connectivity index (χ0v) is 14.1. The quantitative estimate of drug-likeness (QED) is 0.867. The summed E-state index contributed by atoms with van der Waals surface area (Å²) in [5.74, 6) is 0.312. The van der Waals surface area contributed by atoms with Crippen molar-refractivity contribution in [3.05, 3.63) is 28.2 Å². The van der Waals surface area contributed by atoms with Crippen LogP contribution in [0.2, 0.25) is 10.0 Å². The lowest BCUT2D eigenvalue weighted by Crippen LogP contribution is -2.34. The molecule has 0 aromatic heterocycles. The van der Waals surface area contributed by atoms with Gasteiger partial charge in [0.15, 0.2) is 0 Å². The van der Waals surface area contributed by atoms with Gasteiger partial charge in [-0.25, -0.2) is 12.7 Å². The minimum Gasteiger partial charge on any atom is -0.327 e. The van der Waals surface area contributed by atoms with Gasteiger partial charge >= 0.3 is 0 Å². The first-order chi connectivity index (χ1) is 9.14. The van der Waals surface area contributed by atoms with Gasteiger partial charge < -0.3 is 5.73 Å². The molecule has 1 rings (SSSR count). The SMILES string of the molecule is CC(C)C(N)CCN(C)S(=O)(=O)c1cc(Cl)cc(Cl)c1. The Bertz CT molecular complexity index is 541. The average Bonchev–Trinajstić information content (AvgIpc) is 2.33. The van der Waals surface area contributed by atoms with Gasteiger partial charge in [0.2, 0.25) is 10.0 Å². The third-order valence-corrected chi connectivity index (χ3v) is 5.45. The van der Waals surface area contributed by atoms with Gasteiger partial charge in [0.1, 0.15) is 0 Å². The Morgan fingerprint density at radius 1 is 1.20 bits per heavy atom. The van der Waals surface area contributed by atoms with E-state index in [0.29, 0.717) is 28.9 Å². The second-order valence-electron chi connectivity index (χ2n) is 5.13. The highest BCUT2D eigenvalue weighted by Gasteiger charge is 2.22. The van der Waals surface area contributed by atoms with Crippen molar-refractivity contribution in [1.82, 2.24) is 4.31 Å². The molecule has 0 spiro atoms. The maximum absolute atomic E-state index is 12.4. The fraction of sp³-hybridized carbons (Fsp3) is 0.538. The maximum Gasteiger partial charge on any atom is 0.242 e. The molecule has 0 saturated carbocycles. The van der Waals surface area contributed by atoms with Crippen LogP contribution >= 0.6 is 23.2 Å². The van der Waals surface area contributed by atoms with E-state index in [1.165, 1.54) is 29.6 Å². The van der Waals surface area contributed by atoms with Crippen molar-refractivity contribution < 1.29 is 8.42 Å². The molecule has 0 aliphatic heterocycles. The van der Waals surface area contributed by atoms with Gasteiger partial charge in [0.25, 0.3) is 0 Å². The average molecular weight is 339 g/mol. The predicted molar refractivity (Wildman–Crippen MR) is 83.7 cm³/mol. The molecular weight excluding hydrogens is 319 g/mol. The van der Waals surface area contributed by atoms with Crippen molar-refractivity contribution in [2.45, 2.75) is 31.2 Å². The molecule has 20 heavy (non-hydrogen) atoms. The molecule has 1 aromatic rings. The Labute approximate surface area is 130 Å². The topological polar surface area (TPSA) is 63.4 Å². The Morgan fingerprint density at radius 3 is 2.15 bits per heavy atom. The van der Waals surface area contributed by atoms with Crippen molar-refractivity contribution in [1.29, 1.82) is 0 Å². The summed E-state index contributed by atoms with van der Waals surface area (Å²) in [6, 6.07) is 4.25. The molecule has 0 saturated heterocycles. The smallest absolute Gasteiger partial charge is 0.242 e. The molecule has 1 atom stereocenters. The summed E-state index contributed by atoms with van der Waals surface area (Å²) in [5.41, 5.74) is 5.93. The highest BCUT2D eigenvalue weighted by Crippen LogP contribution is 2.24. The van der Waals surface area contributed by atoms with Crippen LogP contribution in [0.5, 0.6) is 0 Å². The van der Waals surface area contributed by atoms with E-state index in [1.54, 1.807) is 0 Å². The van der Waals surface area contributed by atoms with Crippen LogP contribution in [0.1, 0.15) is 20.3 Å². The number of hydrogen-bond donors (Lipinski definition) is 1. The molecule has 0 bridgehead atoms. The summed E-state index contributed by atoms with van der Waals surface area (Å²) in [4.78, 5) is 0.0932. The molecule has 0 radical (unpaired) electrons. The van der Waals surface area contributed by atoms with Crippen LogP contribution in [0, 0.1) is 5.92 Å². The maximum atomic E-state index is 12.4. The molecular formula is C13H20Cl2N2O2S. The Balaban J connectivity index is 2.87. The molecule has 114 valence electrons. The molecule has 1 aromatic carbocycles. The van der Waals surface area contributed by atoms with E-state index in [4.69, 9.17) is 28.9 Å². The number of sulfonamides is 1. The van der Waals surface area contributed by atoms with Gasteiger partial charge in [0, 0.05) is 29.7 Å². The second-order valence-corrected chi connectivity index (χ2v) is 8.05. The minimum atomic E-state index is -3.60. The van der Waals surface area contributed by atoms with E-state index in [1.807, 2.05) is 13.8 Å². The number of rotatable bonds is 6. The zero-order valence-electron chi connectivity index (χ0n) is 11.8. The van der Waals surface area contributed by atoms with Crippen LogP contribution in [-0.2, 0) is 10.0 Å². The van der Waals surface area contributed by atoms with E-state index in [-0.39, 0.29) is 10.9 Å².